The van der Waals surface area contributed by atoms with Gasteiger partial charge in [0.25, 0.3) is 0 Å². The number of nitrogens with zero attached hydrogens (tertiary/aromatic N) is 1. The summed E-state index contributed by atoms with van der Waals surface area (Å²) in [4.78, 5) is 13.2. The fourth-order valence-electron chi connectivity index (χ4n) is 1.58. The molecular weight excluding hydrogens is 237 g/mol. The van der Waals surface area contributed by atoms with Gasteiger partial charge < -0.3 is 10.5 Å². The molecule has 0 saturated carbocycles. The quantitative estimate of drug-likeness (QED) is 0.668. The number of nitroso groups, excluding NO2 is 1. The summed E-state index contributed by atoms with van der Waals surface area (Å²) in [6, 6.07) is 6.05. The van der Waals surface area contributed by atoms with Gasteiger partial charge in [-0.1, -0.05) is 6.07 Å². The molecular formula is C12H11FN3O2+. The minimum absolute atomic E-state index is 0.0821. The largest absolute Gasteiger partial charge is 0.448 e. The van der Waals surface area contributed by atoms with Crippen LogP contribution in [0.1, 0.15) is 0 Å². The summed E-state index contributed by atoms with van der Waals surface area (Å²) in [5.41, 5.74) is 6.69. The zero-order valence-corrected chi connectivity index (χ0v) is 9.61. The van der Waals surface area contributed by atoms with Crippen molar-refractivity contribution in [1.82, 2.24) is 0 Å². The van der Waals surface area contributed by atoms with Gasteiger partial charge in [0, 0.05) is 5.56 Å². The monoisotopic (exact) mass is 248 g/mol. The van der Waals surface area contributed by atoms with Gasteiger partial charge in [-0.15, -0.1) is 4.91 Å². The average molecular weight is 248 g/mol. The van der Waals surface area contributed by atoms with Crippen molar-refractivity contribution in [3.8, 4) is 17.0 Å². The predicted molar refractivity (Wildman–Crippen MR) is 64.8 cm³/mol. The Bertz CT molecular complexity index is 602. The molecule has 92 valence electrons. The molecule has 6 heteroatoms. The van der Waals surface area contributed by atoms with Crippen LogP contribution in [-0.4, -0.2) is 7.11 Å². The molecule has 1 heterocycles. The number of pyridine rings is 1. The van der Waals surface area contributed by atoms with Gasteiger partial charge in [-0.3, -0.25) is 0 Å². The van der Waals surface area contributed by atoms with Crippen molar-refractivity contribution in [2.24, 2.45) is 5.18 Å². The van der Waals surface area contributed by atoms with E-state index in [1.807, 2.05) is 0 Å². The third-order valence-electron chi connectivity index (χ3n) is 2.53. The second-order valence-electron chi connectivity index (χ2n) is 3.63. The number of nitrogens with one attached hydrogen (secondary N) is 1. The van der Waals surface area contributed by atoms with Crippen LogP contribution in [0.3, 0.4) is 0 Å². The number of hydrogen-bond donors (Lipinski definition) is 1. The summed E-state index contributed by atoms with van der Waals surface area (Å²) >= 11 is 0. The first kappa shape index (κ1) is 12.0. The fraction of sp³-hybridized carbons (Fsp3) is 0.0833. The molecule has 0 radical (unpaired) electrons. The minimum atomic E-state index is -0.461. The summed E-state index contributed by atoms with van der Waals surface area (Å²) in [6.45, 7) is 0. The lowest BCUT2D eigenvalue weighted by atomic mass is 10.1. The van der Waals surface area contributed by atoms with Gasteiger partial charge in [-0.2, -0.15) is 9.37 Å². The highest BCUT2D eigenvalue weighted by Crippen LogP contribution is 2.30. The van der Waals surface area contributed by atoms with E-state index in [1.54, 1.807) is 6.07 Å². The minimum Gasteiger partial charge on any atom is -0.448 e. The van der Waals surface area contributed by atoms with Crippen molar-refractivity contribution in [3.05, 3.63) is 41.2 Å². The molecule has 0 saturated heterocycles. The number of halogens is 1. The molecule has 0 aliphatic carbocycles. The highest BCUT2D eigenvalue weighted by Gasteiger charge is 2.13. The Labute approximate surface area is 102 Å². The molecule has 1 aromatic carbocycles. The van der Waals surface area contributed by atoms with Crippen LogP contribution in [0, 0.1) is 10.7 Å². The number of anilines is 1. The number of nitrogen functional groups attached to an aromatic ring is 1. The first-order chi connectivity index (χ1) is 8.65. The Morgan fingerprint density at radius 2 is 2.17 bits per heavy atom. The van der Waals surface area contributed by atoms with Crippen LogP contribution < -0.4 is 15.5 Å². The molecule has 0 amide bonds. The highest BCUT2D eigenvalue weighted by atomic mass is 19.1. The van der Waals surface area contributed by atoms with E-state index in [2.05, 4.69) is 10.2 Å². The zero-order chi connectivity index (χ0) is 13.1. The number of hydrogen-bond acceptors (Lipinski definition) is 4. The first-order valence-corrected chi connectivity index (χ1v) is 5.14. The molecule has 1 aromatic heterocycles. The Morgan fingerprint density at radius 1 is 1.39 bits per heavy atom. The summed E-state index contributed by atoms with van der Waals surface area (Å²) in [5.74, 6) is -0.0544. The number of benzene rings is 1. The normalized spacial score (nSPS) is 10.1. The van der Waals surface area contributed by atoms with Gasteiger partial charge in [0.1, 0.15) is 5.69 Å². The van der Waals surface area contributed by atoms with Gasteiger partial charge in [-0.25, -0.2) is 0 Å². The number of nitrogens with two attached hydrogens (primary N) is 1. The van der Waals surface area contributed by atoms with E-state index in [0.717, 1.165) is 0 Å². The maximum Gasteiger partial charge on any atom is 0.366 e. The molecule has 0 fully saturated rings. The Balaban J connectivity index is 2.57. The van der Waals surface area contributed by atoms with Crippen LogP contribution in [0.15, 0.2) is 35.6 Å². The summed E-state index contributed by atoms with van der Waals surface area (Å²) in [5, 5.41) is 2.79. The van der Waals surface area contributed by atoms with Crippen LogP contribution in [0.4, 0.5) is 15.8 Å². The molecule has 0 atom stereocenters. The van der Waals surface area contributed by atoms with Crippen molar-refractivity contribution >= 4 is 11.4 Å². The smallest absolute Gasteiger partial charge is 0.366 e. The third-order valence-corrected chi connectivity index (χ3v) is 2.53. The van der Waals surface area contributed by atoms with Gasteiger partial charge in [-0.05, 0) is 22.9 Å². The van der Waals surface area contributed by atoms with Crippen LogP contribution in [0.5, 0.6) is 5.88 Å². The van der Waals surface area contributed by atoms with E-state index in [1.165, 1.54) is 31.5 Å². The van der Waals surface area contributed by atoms with Crippen molar-refractivity contribution < 1.29 is 14.1 Å². The SMILES string of the molecule is COc1cc(-c2ccc(N)c(N=O)c2)c(F)c[nH+]1. The molecule has 18 heavy (non-hydrogen) atoms. The predicted octanol–water partition coefficient (Wildman–Crippen LogP) is 2.30. The van der Waals surface area contributed by atoms with Crippen molar-refractivity contribution in [3.63, 3.8) is 0 Å². The Kier molecular flexibility index (Phi) is 3.18. The molecule has 0 aliphatic rings. The molecule has 5 nitrogen and oxygen atoms in total. The highest BCUT2D eigenvalue weighted by molar-refractivity contribution is 5.74. The van der Waals surface area contributed by atoms with E-state index >= 15 is 0 Å². The number of rotatable bonds is 3. The first-order valence-electron chi connectivity index (χ1n) is 5.14. The summed E-state index contributed by atoms with van der Waals surface area (Å²) < 4.78 is 18.7. The third kappa shape index (κ3) is 2.13. The molecule has 0 spiro atoms. The second kappa shape index (κ2) is 4.79. The van der Waals surface area contributed by atoms with Gasteiger partial charge in [0.15, 0.2) is 5.82 Å². The van der Waals surface area contributed by atoms with Gasteiger partial charge >= 0.3 is 5.88 Å². The van der Waals surface area contributed by atoms with Crippen molar-refractivity contribution in [1.29, 1.82) is 0 Å². The molecule has 0 unspecified atom stereocenters. The molecule has 2 rings (SSSR count). The van der Waals surface area contributed by atoms with Gasteiger partial charge in [0.05, 0.1) is 18.9 Å². The van der Waals surface area contributed by atoms with Crippen molar-refractivity contribution in [2.45, 2.75) is 0 Å². The summed E-state index contributed by atoms with van der Waals surface area (Å²) in [7, 11) is 1.47. The topological polar surface area (TPSA) is 78.8 Å². The van der Waals surface area contributed by atoms with E-state index in [4.69, 9.17) is 10.5 Å². The van der Waals surface area contributed by atoms with Crippen LogP contribution >= 0.6 is 0 Å². The molecule has 3 N–H and O–H groups in total. The molecule has 0 bridgehead atoms. The fourth-order valence-corrected chi connectivity index (χ4v) is 1.58. The zero-order valence-electron chi connectivity index (χ0n) is 9.61. The average Bonchev–Trinajstić information content (AvgIpc) is 2.40. The van der Waals surface area contributed by atoms with Gasteiger partial charge in [0.2, 0.25) is 6.20 Å². The van der Waals surface area contributed by atoms with Crippen molar-refractivity contribution in [2.75, 3.05) is 12.8 Å². The molecule has 0 aliphatic heterocycles. The van der Waals surface area contributed by atoms with Crippen LogP contribution in [0.2, 0.25) is 0 Å². The Hall–Kier alpha value is -2.50. The number of aromatic nitrogens is 1. The maximum atomic E-state index is 13.7. The van der Waals surface area contributed by atoms with E-state index in [9.17, 15) is 9.30 Å². The number of aromatic amines is 1. The standard InChI is InChI=1S/C12H10FN3O2/c1-18-12-5-8(9(13)6-15-12)7-2-3-10(14)11(4-7)16-17/h2-6H,14H2,1H3/p+1. The van der Waals surface area contributed by atoms with E-state index in [-0.39, 0.29) is 11.4 Å². The second-order valence-corrected chi connectivity index (χ2v) is 3.63. The van der Waals surface area contributed by atoms with Crippen LogP contribution in [-0.2, 0) is 0 Å². The number of H-pyrrole nitrogens is 1. The lowest BCUT2D eigenvalue weighted by Crippen LogP contribution is -2.08. The number of ether oxygens (including phenoxy) is 1. The summed E-state index contributed by atoms with van der Waals surface area (Å²) in [6.07, 6.45) is 1.18. The Morgan fingerprint density at radius 3 is 2.83 bits per heavy atom. The number of methoxy groups -OCH3 is 1. The maximum absolute atomic E-state index is 13.7. The lowest BCUT2D eigenvalue weighted by Gasteiger charge is -2.04. The lowest BCUT2D eigenvalue weighted by molar-refractivity contribution is -0.395. The van der Waals surface area contributed by atoms with E-state index < -0.39 is 5.82 Å². The van der Waals surface area contributed by atoms with E-state index in [0.29, 0.717) is 17.0 Å². The van der Waals surface area contributed by atoms with Crippen LogP contribution in [0.25, 0.3) is 11.1 Å². The molecule has 2 aromatic rings.